The molecule has 0 aliphatic carbocycles. The van der Waals surface area contributed by atoms with E-state index < -0.39 is 0 Å². The van der Waals surface area contributed by atoms with Crippen molar-refractivity contribution < 1.29 is 9.47 Å². The van der Waals surface area contributed by atoms with E-state index in [0.29, 0.717) is 23.0 Å². The lowest BCUT2D eigenvalue weighted by Gasteiger charge is -2.13. The second-order valence-electron chi connectivity index (χ2n) is 8.05. The molecule has 0 unspecified atom stereocenters. The second kappa shape index (κ2) is 9.55. The van der Waals surface area contributed by atoms with Crippen LogP contribution in [0.4, 0.5) is 5.69 Å². The molecule has 4 heterocycles. The lowest BCUT2D eigenvalue weighted by Crippen LogP contribution is -2.27. The summed E-state index contributed by atoms with van der Waals surface area (Å²) in [6, 6.07) is 23.0. The highest BCUT2D eigenvalue weighted by molar-refractivity contribution is 7.80. The van der Waals surface area contributed by atoms with Gasteiger partial charge in [0.2, 0.25) is 6.79 Å². The van der Waals surface area contributed by atoms with Gasteiger partial charge in [0.05, 0.1) is 22.4 Å². The van der Waals surface area contributed by atoms with E-state index in [1.54, 1.807) is 12.4 Å². The van der Waals surface area contributed by atoms with Crippen molar-refractivity contribution >= 4 is 34.1 Å². The van der Waals surface area contributed by atoms with Gasteiger partial charge in [0.25, 0.3) is 0 Å². The van der Waals surface area contributed by atoms with Crippen LogP contribution in [0, 0.1) is 0 Å². The minimum Gasteiger partial charge on any atom is -0.454 e. The lowest BCUT2D eigenvalue weighted by atomic mass is 10.1. The predicted molar refractivity (Wildman–Crippen MR) is 142 cm³/mol. The van der Waals surface area contributed by atoms with E-state index in [9.17, 15) is 0 Å². The smallest absolute Gasteiger partial charge is 0.231 e. The number of aromatic nitrogens is 4. The Labute approximate surface area is 212 Å². The summed E-state index contributed by atoms with van der Waals surface area (Å²) >= 11 is 5.51. The molecule has 3 aromatic heterocycles. The van der Waals surface area contributed by atoms with Gasteiger partial charge < -0.3 is 20.1 Å². The number of thiocarbonyl (C=S) groups is 1. The lowest BCUT2D eigenvalue weighted by molar-refractivity contribution is 0.174. The maximum Gasteiger partial charge on any atom is 0.231 e. The van der Waals surface area contributed by atoms with Crippen molar-refractivity contribution in [2.75, 3.05) is 12.1 Å². The number of hydrogen-bond donors (Lipinski definition) is 2. The van der Waals surface area contributed by atoms with Gasteiger partial charge >= 0.3 is 0 Å². The van der Waals surface area contributed by atoms with Crippen molar-refractivity contribution in [2.45, 2.75) is 6.54 Å². The molecule has 0 atom stereocenters. The number of fused-ring (bicyclic) bond motifs is 2. The molecule has 0 amide bonds. The van der Waals surface area contributed by atoms with Gasteiger partial charge in [-0.15, -0.1) is 0 Å². The van der Waals surface area contributed by atoms with Crippen molar-refractivity contribution in [3.05, 3.63) is 90.8 Å². The average Bonchev–Trinajstić information content (AvgIpc) is 3.40. The van der Waals surface area contributed by atoms with Crippen LogP contribution in [0.3, 0.4) is 0 Å². The van der Waals surface area contributed by atoms with Crippen LogP contribution >= 0.6 is 12.2 Å². The zero-order valence-corrected chi connectivity index (χ0v) is 19.8. The van der Waals surface area contributed by atoms with Gasteiger partial charge in [-0.05, 0) is 72.4 Å². The molecular weight excluding hydrogens is 472 g/mol. The molecule has 0 saturated carbocycles. The van der Waals surface area contributed by atoms with Gasteiger partial charge in [0.1, 0.15) is 11.4 Å². The van der Waals surface area contributed by atoms with Crippen molar-refractivity contribution in [1.29, 1.82) is 0 Å². The Bertz CT molecular complexity index is 1560. The van der Waals surface area contributed by atoms with Crippen LogP contribution in [0.25, 0.3) is 33.8 Å². The molecule has 0 saturated heterocycles. The number of ether oxygens (including phenoxy) is 2. The van der Waals surface area contributed by atoms with Crippen LogP contribution < -0.4 is 20.1 Å². The molecule has 9 heteroatoms. The normalized spacial score (nSPS) is 11.9. The first-order valence-electron chi connectivity index (χ1n) is 11.3. The van der Waals surface area contributed by atoms with Gasteiger partial charge in [0, 0.05) is 24.6 Å². The zero-order valence-electron chi connectivity index (χ0n) is 19.0. The highest BCUT2D eigenvalue weighted by Gasteiger charge is 2.16. The Morgan fingerprint density at radius 3 is 2.22 bits per heavy atom. The first-order chi connectivity index (χ1) is 17.7. The Hall–Kier alpha value is -4.63. The SMILES string of the molecule is S=C(NCc1ccc2c(c1)OCO2)Nc1ccc2nc(-c3ccccn3)c(-c3ccccn3)nc2c1. The molecule has 36 heavy (non-hydrogen) atoms. The largest absolute Gasteiger partial charge is 0.454 e. The number of benzene rings is 2. The molecule has 0 bridgehead atoms. The topological polar surface area (TPSA) is 94.1 Å². The third kappa shape index (κ3) is 4.51. The third-order valence-electron chi connectivity index (χ3n) is 5.63. The summed E-state index contributed by atoms with van der Waals surface area (Å²) in [5.74, 6) is 1.50. The summed E-state index contributed by atoms with van der Waals surface area (Å²) in [5.41, 5.74) is 6.13. The zero-order chi connectivity index (χ0) is 24.3. The molecule has 1 aliphatic rings. The maximum absolute atomic E-state index is 5.51. The monoisotopic (exact) mass is 492 g/mol. The molecule has 0 fully saturated rings. The molecule has 6 rings (SSSR count). The van der Waals surface area contributed by atoms with Crippen molar-refractivity contribution in [3.8, 4) is 34.3 Å². The number of nitrogens with one attached hydrogen (secondary N) is 2. The van der Waals surface area contributed by atoms with Gasteiger partial charge in [-0.2, -0.15) is 0 Å². The number of nitrogens with zero attached hydrogens (tertiary/aromatic N) is 4. The fourth-order valence-electron chi connectivity index (χ4n) is 3.90. The van der Waals surface area contributed by atoms with Crippen molar-refractivity contribution in [2.24, 2.45) is 0 Å². The summed E-state index contributed by atoms with van der Waals surface area (Å²) in [5, 5.41) is 6.95. The summed E-state index contributed by atoms with van der Waals surface area (Å²) in [7, 11) is 0. The molecule has 8 nitrogen and oxygen atoms in total. The van der Waals surface area contributed by atoms with Crippen molar-refractivity contribution in [1.82, 2.24) is 25.3 Å². The summed E-state index contributed by atoms with van der Waals surface area (Å²) in [4.78, 5) is 18.8. The Balaban J connectivity index is 1.25. The molecular formula is C27H20N6O2S. The van der Waals surface area contributed by atoms with Crippen LogP contribution in [0.5, 0.6) is 11.5 Å². The minimum absolute atomic E-state index is 0.252. The Kier molecular flexibility index (Phi) is 5.80. The van der Waals surface area contributed by atoms with Crippen LogP contribution in [0.2, 0.25) is 0 Å². The van der Waals surface area contributed by atoms with Crippen LogP contribution in [0.1, 0.15) is 5.56 Å². The van der Waals surface area contributed by atoms with Crippen LogP contribution in [0.15, 0.2) is 85.2 Å². The standard InChI is InChI=1S/C27H20N6O2S/c36-27(30-15-17-7-10-23-24(13-17)35-16-34-23)31-18-8-9-19-22(14-18)33-26(21-6-2-4-12-29-21)25(32-19)20-5-1-3-11-28-20/h1-14H,15-16H2,(H2,30,31,36). The number of hydrogen-bond acceptors (Lipinski definition) is 7. The molecule has 1 aliphatic heterocycles. The Morgan fingerprint density at radius 2 is 1.50 bits per heavy atom. The molecule has 5 aromatic rings. The first kappa shape index (κ1) is 21.9. The first-order valence-corrected chi connectivity index (χ1v) is 11.7. The minimum atomic E-state index is 0.252. The third-order valence-corrected chi connectivity index (χ3v) is 5.87. The van der Waals surface area contributed by atoms with Gasteiger partial charge in [-0.3, -0.25) is 9.97 Å². The number of pyridine rings is 2. The van der Waals surface area contributed by atoms with Gasteiger partial charge in [-0.1, -0.05) is 18.2 Å². The van der Waals surface area contributed by atoms with E-state index in [4.69, 9.17) is 31.7 Å². The summed E-state index contributed by atoms with van der Waals surface area (Å²) < 4.78 is 10.8. The quantitative estimate of drug-likeness (QED) is 0.330. The maximum atomic E-state index is 5.51. The summed E-state index contributed by atoms with van der Waals surface area (Å²) in [6.07, 6.45) is 3.49. The number of anilines is 1. The number of rotatable bonds is 5. The molecule has 0 spiro atoms. The van der Waals surface area contributed by atoms with Crippen LogP contribution in [-0.4, -0.2) is 31.8 Å². The highest BCUT2D eigenvalue weighted by Crippen LogP contribution is 2.32. The fraction of sp³-hybridized carbons (Fsp3) is 0.0741. The molecule has 2 aromatic carbocycles. The van der Waals surface area contributed by atoms with E-state index in [1.807, 2.05) is 72.8 Å². The van der Waals surface area contributed by atoms with E-state index in [2.05, 4.69) is 20.6 Å². The molecule has 2 N–H and O–H groups in total. The van der Waals surface area contributed by atoms with Gasteiger partial charge in [0.15, 0.2) is 16.6 Å². The average molecular weight is 493 g/mol. The molecule has 0 radical (unpaired) electrons. The fourth-order valence-corrected chi connectivity index (χ4v) is 4.09. The predicted octanol–water partition coefficient (Wildman–Crippen LogP) is 4.97. The van der Waals surface area contributed by atoms with E-state index in [-0.39, 0.29) is 6.79 Å². The van der Waals surface area contributed by atoms with E-state index in [1.165, 1.54) is 0 Å². The Morgan fingerprint density at radius 1 is 0.778 bits per heavy atom. The molecule has 176 valence electrons. The van der Waals surface area contributed by atoms with E-state index >= 15 is 0 Å². The summed E-state index contributed by atoms with van der Waals surface area (Å²) in [6.45, 7) is 0.801. The van der Waals surface area contributed by atoms with Crippen molar-refractivity contribution in [3.63, 3.8) is 0 Å². The second-order valence-corrected chi connectivity index (χ2v) is 8.46. The van der Waals surface area contributed by atoms with Gasteiger partial charge in [-0.25, -0.2) is 9.97 Å². The van der Waals surface area contributed by atoms with E-state index in [0.717, 1.165) is 45.2 Å². The highest BCUT2D eigenvalue weighted by atomic mass is 32.1. The van der Waals surface area contributed by atoms with Crippen LogP contribution in [-0.2, 0) is 6.54 Å².